The number of anilines is 1. The number of hydrogen-bond acceptors (Lipinski definition) is 6. The third-order valence-corrected chi connectivity index (χ3v) is 5.67. The molecule has 0 bridgehead atoms. The van der Waals surface area contributed by atoms with Gasteiger partial charge in [0.15, 0.2) is 11.5 Å². The Morgan fingerprint density at radius 1 is 0.967 bits per heavy atom. The number of carbonyl (C=O) groups is 1. The van der Waals surface area contributed by atoms with Gasteiger partial charge in [-0.05, 0) is 18.2 Å². The van der Waals surface area contributed by atoms with E-state index in [-0.39, 0.29) is 5.91 Å². The molecule has 0 aliphatic rings. The first kappa shape index (κ1) is 19.7. The lowest BCUT2D eigenvalue weighted by molar-refractivity contribution is 0.102. The van der Waals surface area contributed by atoms with Crippen molar-refractivity contribution in [2.24, 2.45) is 0 Å². The third-order valence-electron chi connectivity index (χ3n) is 4.70. The standard InChI is InChI=1S/C23H20N2O4S/c1-27-19-11-15(12-20(28-2)22(19)29-3)25-23(26)14-8-9-24-18(10-14)17-13-30-21-7-5-4-6-16(17)21/h4-13H,1-3H3,(H,25,26). The number of rotatable bonds is 6. The van der Waals surface area contributed by atoms with E-state index in [9.17, 15) is 4.79 Å². The molecule has 0 atom stereocenters. The van der Waals surface area contributed by atoms with E-state index in [1.807, 2.05) is 12.1 Å². The van der Waals surface area contributed by atoms with E-state index < -0.39 is 0 Å². The van der Waals surface area contributed by atoms with Gasteiger partial charge in [0.25, 0.3) is 5.91 Å². The molecule has 1 amide bonds. The van der Waals surface area contributed by atoms with E-state index in [1.54, 1.807) is 41.8 Å². The van der Waals surface area contributed by atoms with Crippen molar-refractivity contribution in [2.45, 2.75) is 0 Å². The van der Waals surface area contributed by atoms with Gasteiger partial charge in [-0.25, -0.2) is 0 Å². The topological polar surface area (TPSA) is 69.7 Å². The highest BCUT2D eigenvalue weighted by molar-refractivity contribution is 7.17. The van der Waals surface area contributed by atoms with Crippen molar-refractivity contribution >= 4 is 33.0 Å². The van der Waals surface area contributed by atoms with Crippen LogP contribution in [0.2, 0.25) is 0 Å². The summed E-state index contributed by atoms with van der Waals surface area (Å²) in [6.07, 6.45) is 1.64. The molecule has 2 aromatic heterocycles. The molecular weight excluding hydrogens is 400 g/mol. The lowest BCUT2D eigenvalue weighted by atomic mass is 10.1. The molecule has 0 saturated heterocycles. The molecule has 0 radical (unpaired) electrons. The largest absolute Gasteiger partial charge is 0.493 e. The van der Waals surface area contributed by atoms with Crippen LogP contribution >= 0.6 is 11.3 Å². The average molecular weight is 420 g/mol. The number of ether oxygens (including phenoxy) is 3. The third kappa shape index (κ3) is 3.67. The van der Waals surface area contributed by atoms with Crippen LogP contribution in [0.5, 0.6) is 17.2 Å². The summed E-state index contributed by atoms with van der Waals surface area (Å²) < 4.78 is 17.2. The highest BCUT2D eigenvalue weighted by Gasteiger charge is 2.16. The first-order chi connectivity index (χ1) is 14.6. The number of amides is 1. The van der Waals surface area contributed by atoms with Crippen LogP contribution < -0.4 is 19.5 Å². The maximum Gasteiger partial charge on any atom is 0.255 e. The fourth-order valence-electron chi connectivity index (χ4n) is 3.25. The number of aromatic nitrogens is 1. The van der Waals surface area contributed by atoms with Gasteiger partial charge in [-0.15, -0.1) is 11.3 Å². The van der Waals surface area contributed by atoms with Crippen molar-refractivity contribution in [3.63, 3.8) is 0 Å². The second-order valence-corrected chi connectivity index (χ2v) is 7.35. The van der Waals surface area contributed by atoms with E-state index in [4.69, 9.17) is 14.2 Å². The zero-order valence-electron chi connectivity index (χ0n) is 16.8. The van der Waals surface area contributed by atoms with Crippen molar-refractivity contribution < 1.29 is 19.0 Å². The number of hydrogen-bond donors (Lipinski definition) is 1. The van der Waals surface area contributed by atoms with Crippen LogP contribution in [-0.4, -0.2) is 32.2 Å². The number of nitrogens with zero attached hydrogens (tertiary/aromatic N) is 1. The molecule has 0 fully saturated rings. The van der Waals surface area contributed by atoms with E-state index >= 15 is 0 Å². The van der Waals surface area contributed by atoms with E-state index in [1.165, 1.54) is 26.0 Å². The molecule has 4 rings (SSSR count). The summed E-state index contributed by atoms with van der Waals surface area (Å²) in [5.74, 6) is 1.14. The molecule has 0 unspecified atom stereocenters. The summed E-state index contributed by atoms with van der Waals surface area (Å²) in [6.45, 7) is 0. The average Bonchev–Trinajstić information content (AvgIpc) is 3.22. The quantitative estimate of drug-likeness (QED) is 0.462. The number of nitrogens with one attached hydrogen (secondary N) is 1. The minimum absolute atomic E-state index is 0.257. The van der Waals surface area contributed by atoms with Crippen molar-refractivity contribution in [1.29, 1.82) is 0 Å². The van der Waals surface area contributed by atoms with Crippen molar-refractivity contribution in [2.75, 3.05) is 26.6 Å². The van der Waals surface area contributed by atoms with Crippen LogP contribution in [0.4, 0.5) is 5.69 Å². The summed E-state index contributed by atoms with van der Waals surface area (Å²) in [6, 6.07) is 15.0. The Morgan fingerprint density at radius 2 is 1.70 bits per heavy atom. The molecule has 4 aromatic rings. The maximum atomic E-state index is 12.9. The zero-order valence-corrected chi connectivity index (χ0v) is 17.6. The Balaban J connectivity index is 1.64. The highest BCUT2D eigenvalue weighted by atomic mass is 32.1. The second kappa shape index (κ2) is 8.42. The van der Waals surface area contributed by atoms with Crippen molar-refractivity contribution in [1.82, 2.24) is 4.98 Å². The van der Waals surface area contributed by atoms with Gasteiger partial charge in [0.05, 0.1) is 27.0 Å². The number of pyridine rings is 1. The normalized spacial score (nSPS) is 10.6. The summed E-state index contributed by atoms with van der Waals surface area (Å²) in [4.78, 5) is 17.4. The second-order valence-electron chi connectivity index (χ2n) is 6.44. The molecule has 152 valence electrons. The molecule has 0 spiro atoms. The molecular formula is C23H20N2O4S. The van der Waals surface area contributed by atoms with Crippen LogP contribution in [0.1, 0.15) is 10.4 Å². The van der Waals surface area contributed by atoms with Gasteiger partial charge in [0.2, 0.25) is 5.75 Å². The van der Waals surface area contributed by atoms with Gasteiger partial charge in [-0.3, -0.25) is 9.78 Å². The monoisotopic (exact) mass is 420 g/mol. The summed E-state index contributed by atoms with van der Waals surface area (Å²) in [7, 11) is 4.59. The Morgan fingerprint density at radius 3 is 2.40 bits per heavy atom. The fraction of sp³-hybridized carbons (Fsp3) is 0.130. The Hall–Kier alpha value is -3.58. The van der Waals surface area contributed by atoms with Crippen molar-refractivity contribution in [3.8, 4) is 28.5 Å². The summed E-state index contributed by atoms with van der Waals surface area (Å²) in [5.41, 5.74) is 2.81. The minimum Gasteiger partial charge on any atom is -0.493 e. The predicted molar refractivity (Wildman–Crippen MR) is 119 cm³/mol. The number of benzene rings is 2. The first-order valence-electron chi connectivity index (χ1n) is 9.18. The van der Waals surface area contributed by atoms with Crippen LogP contribution in [0.25, 0.3) is 21.3 Å². The Kier molecular flexibility index (Phi) is 5.54. The van der Waals surface area contributed by atoms with Gasteiger partial charge in [-0.2, -0.15) is 0 Å². The predicted octanol–water partition coefficient (Wildman–Crippen LogP) is 5.24. The number of carbonyl (C=O) groups excluding carboxylic acids is 1. The molecule has 2 aromatic carbocycles. The van der Waals surface area contributed by atoms with Crippen LogP contribution in [0.15, 0.2) is 60.1 Å². The summed E-state index contributed by atoms with van der Waals surface area (Å²) >= 11 is 1.66. The van der Waals surface area contributed by atoms with Gasteiger partial charge in [0.1, 0.15) is 0 Å². The van der Waals surface area contributed by atoms with Gasteiger partial charge in [0, 0.05) is 50.6 Å². The molecule has 7 heteroatoms. The smallest absolute Gasteiger partial charge is 0.255 e. The number of fused-ring (bicyclic) bond motifs is 1. The van der Waals surface area contributed by atoms with E-state index in [0.717, 1.165) is 16.6 Å². The highest BCUT2D eigenvalue weighted by Crippen LogP contribution is 2.40. The van der Waals surface area contributed by atoms with Crippen LogP contribution in [0, 0.1) is 0 Å². The molecule has 0 saturated carbocycles. The van der Waals surface area contributed by atoms with Gasteiger partial charge in [-0.1, -0.05) is 18.2 Å². The fourth-order valence-corrected chi connectivity index (χ4v) is 4.21. The molecule has 0 aliphatic carbocycles. The molecule has 1 N–H and O–H groups in total. The number of thiophene rings is 1. The van der Waals surface area contributed by atoms with E-state index in [0.29, 0.717) is 28.5 Å². The Bertz CT molecular complexity index is 1190. The van der Waals surface area contributed by atoms with Crippen molar-refractivity contribution in [3.05, 3.63) is 65.7 Å². The maximum absolute atomic E-state index is 12.9. The first-order valence-corrected chi connectivity index (χ1v) is 10.1. The Labute approximate surface area is 178 Å². The molecule has 30 heavy (non-hydrogen) atoms. The lowest BCUT2D eigenvalue weighted by Gasteiger charge is -2.14. The van der Waals surface area contributed by atoms with Gasteiger partial charge >= 0.3 is 0 Å². The van der Waals surface area contributed by atoms with Crippen LogP contribution in [0.3, 0.4) is 0 Å². The summed E-state index contributed by atoms with van der Waals surface area (Å²) in [5, 5.41) is 6.07. The van der Waals surface area contributed by atoms with Gasteiger partial charge < -0.3 is 19.5 Å². The molecule has 0 aliphatic heterocycles. The lowest BCUT2D eigenvalue weighted by Crippen LogP contribution is -2.12. The molecule has 6 nitrogen and oxygen atoms in total. The number of methoxy groups -OCH3 is 3. The SMILES string of the molecule is COc1cc(NC(=O)c2ccnc(-c3csc4ccccc34)c2)cc(OC)c1OC. The zero-order chi connectivity index (χ0) is 21.1. The van der Waals surface area contributed by atoms with Crippen LogP contribution in [-0.2, 0) is 0 Å². The molecule has 2 heterocycles. The minimum atomic E-state index is -0.257. The van der Waals surface area contributed by atoms with E-state index in [2.05, 4.69) is 27.8 Å².